The number of carbonyl (C=O) groups is 2. The number of carboxylic acids is 1. The second kappa shape index (κ2) is 5.53. The average molecular weight is 214 g/mol. The normalized spacial score (nSPS) is 13.9. The summed E-state index contributed by atoms with van der Waals surface area (Å²) in [6, 6.07) is 0. The number of hydrogen-bond acceptors (Lipinski definition) is 3. The molecule has 0 aliphatic rings. The zero-order valence-corrected chi connectivity index (χ0v) is 9.61. The van der Waals surface area contributed by atoms with Gasteiger partial charge in [-0.25, -0.2) is 0 Å². The number of aliphatic carboxylic acids is 1. The van der Waals surface area contributed by atoms with E-state index in [2.05, 4.69) is 0 Å². The summed E-state index contributed by atoms with van der Waals surface area (Å²) < 4.78 is 5.03. The van der Waals surface area contributed by atoms with E-state index in [9.17, 15) is 9.59 Å². The standard InChI is InChI=1S/C11H18O4/c1-5-6-8(10(13)14)7-9(12)15-11(2,3)4/h5-6,8H,7H2,1-4H3,(H,13,14)/t8-/m0/s1. The summed E-state index contributed by atoms with van der Waals surface area (Å²) in [6.45, 7) is 6.95. The Morgan fingerprint density at radius 2 is 1.93 bits per heavy atom. The molecule has 0 bridgehead atoms. The van der Waals surface area contributed by atoms with Crippen LogP contribution in [-0.4, -0.2) is 22.6 Å². The van der Waals surface area contributed by atoms with E-state index in [1.54, 1.807) is 33.8 Å². The predicted molar refractivity (Wildman–Crippen MR) is 56.4 cm³/mol. The average Bonchev–Trinajstić information content (AvgIpc) is 1.99. The van der Waals surface area contributed by atoms with Crippen molar-refractivity contribution >= 4 is 11.9 Å². The fraction of sp³-hybridized carbons (Fsp3) is 0.636. The van der Waals surface area contributed by atoms with E-state index in [1.807, 2.05) is 0 Å². The monoisotopic (exact) mass is 214 g/mol. The second-order valence-corrected chi connectivity index (χ2v) is 4.26. The molecular formula is C11H18O4. The smallest absolute Gasteiger partial charge is 0.310 e. The molecule has 1 N–H and O–H groups in total. The molecule has 0 rings (SSSR count). The van der Waals surface area contributed by atoms with Crippen molar-refractivity contribution in [2.45, 2.75) is 39.7 Å². The molecular weight excluding hydrogens is 196 g/mol. The molecule has 0 amide bonds. The highest BCUT2D eigenvalue weighted by Crippen LogP contribution is 2.13. The molecule has 0 heterocycles. The van der Waals surface area contributed by atoms with Crippen molar-refractivity contribution in [3.8, 4) is 0 Å². The lowest BCUT2D eigenvalue weighted by Crippen LogP contribution is -2.26. The predicted octanol–water partition coefficient (Wildman–Crippen LogP) is 2.00. The highest BCUT2D eigenvalue weighted by molar-refractivity contribution is 5.80. The van der Waals surface area contributed by atoms with Gasteiger partial charge in [-0.05, 0) is 27.7 Å². The number of carboxylic acid groups (broad SMARTS) is 1. The molecule has 1 atom stereocenters. The molecule has 0 fully saturated rings. The van der Waals surface area contributed by atoms with E-state index in [-0.39, 0.29) is 6.42 Å². The third kappa shape index (κ3) is 6.71. The van der Waals surface area contributed by atoms with Crippen molar-refractivity contribution < 1.29 is 19.4 Å². The van der Waals surface area contributed by atoms with Gasteiger partial charge < -0.3 is 9.84 Å². The lowest BCUT2D eigenvalue weighted by molar-refractivity contribution is -0.158. The first-order valence-electron chi connectivity index (χ1n) is 4.83. The number of carbonyl (C=O) groups excluding carboxylic acids is 1. The Labute approximate surface area is 89.9 Å². The van der Waals surface area contributed by atoms with Crippen molar-refractivity contribution in [2.24, 2.45) is 5.92 Å². The Bertz CT molecular complexity index is 260. The first-order valence-corrected chi connectivity index (χ1v) is 4.83. The summed E-state index contributed by atoms with van der Waals surface area (Å²) in [4.78, 5) is 22.1. The number of esters is 1. The van der Waals surface area contributed by atoms with E-state index in [0.29, 0.717) is 0 Å². The fourth-order valence-electron chi connectivity index (χ4n) is 1.03. The molecule has 0 unspecified atom stereocenters. The zero-order valence-electron chi connectivity index (χ0n) is 9.61. The van der Waals surface area contributed by atoms with Crippen molar-refractivity contribution in [1.82, 2.24) is 0 Å². The summed E-state index contributed by atoms with van der Waals surface area (Å²) in [5.74, 6) is -2.31. The largest absolute Gasteiger partial charge is 0.481 e. The van der Waals surface area contributed by atoms with Gasteiger partial charge in [-0.1, -0.05) is 12.2 Å². The van der Waals surface area contributed by atoms with E-state index in [0.717, 1.165) is 0 Å². The van der Waals surface area contributed by atoms with E-state index >= 15 is 0 Å². The SMILES string of the molecule is CC=C[C@@H](CC(=O)OC(C)(C)C)C(=O)O. The van der Waals surface area contributed by atoms with Gasteiger partial charge in [0, 0.05) is 0 Å². The van der Waals surface area contributed by atoms with E-state index in [1.165, 1.54) is 6.08 Å². The fourth-order valence-corrected chi connectivity index (χ4v) is 1.03. The molecule has 0 aromatic heterocycles. The van der Waals surface area contributed by atoms with Crippen LogP contribution in [0.5, 0.6) is 0 Å². The maximum Gasteiger partial charge on any atom is 0.310 e. The van der Waals surface area contributed by atoms with Crippen LogP contribution in [0.15, 0.2) is 12.2 Å². The van der Waals surface area contributed by atoms with Gasteiger partial charge in [0.05, 0.1) is 12.3 Å². The molecule has 86 valence electrons. The summed E-state index contributed by atoms with van der Waals surface area (Å²) in [6.07, 6.45) is 2.96. The van der Waals surface area contributed by atoms with Crippen molar-refractivity contribution in [2.75, 3.05) is 0 Å². The highest BCUT2D eigenvalue weighted by Gasteiger charge is 2.22. The molecule has 4 nitrogen and oxygen atoms in total. The van der Waals surface area contributed by atoms with Gasteiger partial charge in [0.15, 0.2) is 0 Å². The van der Waals surface area contributed by atoms with Crippen LogP contribution >= 0.6 is 0 Å². The van der Waals surface area contributed by atoms with Gasteiger partial charge >= 0.3 is 11.9 Å². The maximum atomic E-state index is 11.3. The molecule has 0 aromatic rings. The molecule has 0 aromatic carbocycles. The number of allylic oxidation sites excluding steroid dienone is 1. The first-order chi connectivity index (χ1) is 6.76. The Morgan fingerprint density at radius 1 is 1.40 bits per heavy atom. The molecule has 0 saturated heterocycles. The van der Waals surface area contributed by atoms with Crippen molar-refractivity contribution in [3.05, 3.63) is 12.2 Å². The summed E-state index contributed by atoms with van der Waals surface area (Å²) in [5.41, 5.74) is -0.573. The van der Waals surface area contributed by atoms with Crippen molar-refractivity contribution in [1.29, 1.82) is 0 Å². The van der Waals surface area contributed by atoms with Crippen LogP contribution in [0.2, 0.25) is 0 Å². The lowest BCUT2D eigenvalue weighted by atomic mass is 10.1. The van der Waals surface area contributed by atoms with Crippen LogP contribution < -0.4 is 0 Å². The molecule has 0 aliphatic carbocycles. The quantitative estimate of drug-likeness (QED) is 0.574. The highest BCUT2D eigenvalue weighted by atomic mass is 16.6. The molecule has 0 saturated carbocycles. The first kappa shape index (κ1) is 13.7. The van der Waals surface area contributed by atoms with Crippen LogP contribution in [0.25, 0.3) is 0 Å². The van der Waals surface area contributed by atoms with Gasteiger partial charge in [0.2, 0.25) is 0 Å². The van der Waals surface area contributed by atoms with E-state index < -0.39 is 23.5 Å². The van der Waals surface area contributed by atoms with Crippen LogP contribution in [0.4, 0.5) is 0 Å². The number of hydrogen-bond donors (Lipinski definition) is 1. The third-order valence-electron chi connectivity index (χ3n) is 1.55. The minimum Gasteiger partial charge on any atom is -0.481 e. The minimum absolute atomic E-state index is 0.128. The van der Waals surface area contributed by atoms with Crippen LogP contribution in [-0.2, 0) is 14.3 Å². The van der Waals surface area contributed by atoms with Gasteiger partial charge in [-0.2, -0.15) is 0 Å². The van der Waals surface area contributed by atoms with Crippen LogP contribution in [0.3, 0.4) is 0 Å². The Balaban J connectivity index is 4.30. The Morgan fingerprint density at radius 3 is 2.27 bits per heavy atom. The summed E-state index contributed by atoms with van der Waals surface area (Å²) >= 11 is 0. The molecule has 15 heavy (non-hydrogen) atoms. The number of rotatable bonds is 4. The zero-order chi connectivity index (χ0) is 12.1. The topological polar surface area (TPSA) is 63.6 Å². The summed E-state index contributed by atoms with van der Waals surface area (Å²) in [7, 11) is 0. The lowest BCUT2D eigenvalue weighted by Gasteiger charge is -2.20. The molecule has 0 radical (unpaired) electrons. The summed E-state index contributed by atoms with van der Waals surface area (Å²) in [5, 5.41) is 8.79. The molecule has 0 spiro atoms. The molecule has 0 aliphatic heterocycles. The van der Waals surface area contributed by atoms with Gasteiger partial charge in [-0.3, -0.25) is 9.59 Å². The minimum atomic E-state index is -1.01. The second-order valence-electron chi connectivity index (χ2n) is 4.26. The van der Waals surface area contributed by atoms with Crippen molar-refractivity contribution in [3.63, 3.8) is 0 Å². The van der Waals surface area contributed by atoms with Crippen LogP contribution in [0, 0.1) is 5.92 Å². The van der Waals surface area contributed by atoms with Gasteiger partial charge in [-0.15, -0.1) is 0 Å². The Kier molecular flexibility index (Phi) is 5.05. The maximum absolute atomic E-state index is 11.3. The molecule has 4 heteroatoms. The number of ether oxygens (including phenoxy) is 1. The van der Waals surface area contributed by atoms with Gasteiger partial charge in [0.1, 0.15) is 5.60 Å². The third-order valence-corrected chi connectivity index (χ3v) is 1.55. The van der Waals surface area contributed by atoms with Gasteiger partial charge in [0.25, 0.3) is 0 Å². The van der Waals surface area contributed by atoms with E-state index in [4.69, 9.17) is 9.84 Å². The Hall–Kier alpha value is -1.32. The van der Waals surface area contributed by atoms with Crippen LogP contribution in [0.1, 0.15) is 34.1 Å².